The first-order chi connectivity index (χ1) is 19.2. The van der Waals surface area contributed by atoms with E-state index in [1.807, 2.05) is 39.0 Å². The van der Waals surface area contributed by atoms with Crippen LogP contribution in [0.4, 0.5) is 21.8 Å². The first kappa shape index (κ1) is 30.9. The van der Waals surface area contributed by atoms with Gasteiger partial charge in [0.15, 0.2) is 0 Å². The van der Waals surface area contributed by atoms with Crippen LogP contribution in [0.25, 0.3) is 6.08 Å². The molecule has 1 aromatic carbocycles. The summed E-state index contributed by atoms with van der Waals surface area (Å²) >= 11 is 0. The molecule has 2 aromatic rings. The van der Waals surface area contributed by atoms with Gasteiger partial charge in [-0.15, -0.1) is 0 Å². The second-order valence-electron chi connectivity index (χ2n) is 11.6. The Morgan fingerprint density at radius 2 is 2.10 bits per heavy atom. The Hall–Kier alpha value is -3.09. The van der Waals surface area contributed by atoms with Gasteiger partial charge in [0.2, 0.25) is 5.95 Å². The Morgan fingerprint density at radius 1 is 1.37 bits per heavy atom. The molecule has 5 atom stereocenters. The van der Waals surface area contributed by atoms with Gasteiger partial charge in [-0.05, 0) is 68.8 Å². The third-order valence-corrected chi connectivity index (χ3v) is 9.37. The molecule has 41 heavy (non-hydrogen) atoms. The number of alkyl halides is 1. The van der Waals surface area contributed by atoms with Crippen LogP contribution in [0.1, 0.15) is 49.8 Å². The van der Waals surface area contributed by atoms with Gasteiger partial charge in [-0.2, -0.15) is 4.98 Å². The highest BCUT2D eigenvalue weighted by Crippen LogP contribution is 2.38. The molecular formula is C29H41FN6O4S. The highest BCUT2D eigenvalue weighted by Gasteiger charge is 2.39. The molecule has 10 nitrogen and oxygen atoms in total. The molecule has 4 rings (SSSR count). The molecule has 2 aliphatic heterocycles. The standard InChI is InChI=1S/C29H41FN6O4S/c1-18(16-37)22-7-8-24(36-14-21(20(36)3)17-41(6,39)40)19(2)23(22)13-27(31-5)33-26-9-11-32-28(34-26)35-12-10-29(4,38)25(30)15-35/h7-9,11,13,18,20-21,25,37-38H,5,10,12,14-17H2,1-4,6H3,(H,32,33,34)/b27-13+/t18-,20+,21+,25-,29+/m0/s1. The molecular weight excluding hydrogens is 547 g/mol. The molecule has 0 unspecified atom stereocenters. The van der Waals surface area contributed by atoms with Crippen molar-refractivity contribution in [1.82, 2.24) is 9.97 Å². The van der Waals surface area contributed by atoms with Crippen molar-refractivity contribution in [3.8, 4) is 0 Å². The molecule has 224 valence electrons. The molecule has 2 aliphatic rings. The van der Waals surface area contributed by atoms with Crippen LogP contribution >= 0.6 is 0 Å². The first-order valence-electron chi connectivity index (χ1n) is 13.8. The summed E-state index contributed by atoms with van der Waals surface area (Å²) in [5.74, 6) is 1.32. The Morgan fingerprint density at radius 3 is 2.71 bits per heavy atom. The summed E-state index contributed by atoms with van der Waals surface area (Å²) in [5.41, 5.74) is 2.43. The minimum Gasteiger partial charge on any atom is -0.396 e. The lowest BCUT2D eigenvalue weighted by Gasteiger charge is -2.48. The number of aliphatic hydroxyl groups excluding tert-OH is 1. The third kappa shape index (κ3) is 6.87. The quantitative estimate of drug-likeness (QED) is 0.358. The molecule has 12 heteroatoms. The number of aliphatic imine (C=N–C) groups is 1. The largest absolute Gasteiger partial charge is 0.396 e. The molecule has 2 saturated heterocycles. The van der Waals surface area contributed by atoms with Gasteiger partial charge in [0.1, 0.15) is 27.6 Å². The lowest BCUT2D eigenvalue weighted by atomic mass is 9.87. The fourth-order valence-electron chi connectivity index (χ4n) is 5.50. The third-order valence-electron chi connectivity index (χ3n) is 8.33. The summed E-state index contributed by atoms with van der Waals surface area (Å²) < 4.78 is 38.2. The van der Waals surface area contributed by atoms with E-state index < -0.39 is 21.6 Å². The van der Waals surface area contributed by atoms with Crippen molar-refractivity contribution in [3.63, 3.8) is 0 Å². The number of rotatable bonds is 10. The predicted octanol–water partition coefficient (Wildman–Crippen LogP) is 3.16. The highest BCUT2D eigenvalue weighted by molar-refractivity contribution is 7.90. The number of hydrogen-bond donors (Lipinski definition) is 3. The minimum absolute atomic E-state index is 0.00673. The van der Waals surface area contributed by atoms with Crippen LogP contribution < -0.4 is 15.1 Å². The summed E-state index contributed by atoms with van der Waals surface area (Å²) in [6.45, 7) is 12.2. The normalized spacial score (nSPS) is 26.0. The molecule has 0 radical (unpaired) electrons. The number of sulfone groups is 1. The van der Waals surface area contributed by atoms with E-state index in [0.29, 0.717) is 30.7 Å². The maximum Gasteiger partial charge on any atom is 0.227 e. The molecule has 0 bridgehead atoms. The smallest absolute Gasteiger partial charge is 0.227 e. The number of benzene rings is 1. The molecule has 0 spiro atoms. The maximum absolute atomic E-state index is 14.5. The van der Waals surface area contributed by atoms with E-state index in [-0.39, 0.29) is 43.2 Å². The second kappa shape index (κ2) is 12.0. The Balaban J connectivity index is 1.62. The lowest BCUT2D eigenvalue weighted by molar-refractivity contribution is -0.0332. The molecule has 0 saturated carbocycles. The van der Waals surface area contributed by atoms with Crippen molar-refractivity contribution in [2.24, 2.45) is 10.9 Å². The zero-order chi connectivity index (χ0) is 30.1. The molecule has 0 aliphatic carbocycles. The zero-order valence-corrected chi connectivity index (χ0v) is 25.2. The van der Waals surface area contributed by atoms with Crippen molar-refractivity contribution < 1.29 is 23.0 Å². The molecule has 2 fully saturated rings. The molecule has 0 amide bonds. The van der Waals surface area contributed by atoms with Crippen molar-refractivity contribution >= 4 is 40.1 Å². The van der Waals surface area contributed by atoms with Crippen LogP contribution in [0.5, 0.6) is 0 Å². The van der Waals surface area contributed by atoms with Crippen LogP contribution in [0.15, 0.2) is 35.2 Å². The van der Waals surface area contributed by atoms with Crippen molar-refractivity contribution in [2.75, 3.05) is 53.4 Å². The van der Waals surface area contributed by atoms with E-state index in [4.69, 9.17) is 0 Å². The minimum atomic E-state index is -3.06. The van der Waals surface area contributed by atoms with E-state index in [1.165, 1.54) is 13.2 Å². The van der Waals surface area contributed by atoms with Crippen molar-refractivity contribution in [2.45, 2.75) is 57.8 Å². The van der Waals surface area contributed by atoms with E-state index in [9.17, 15) is 23.0 Å². The van der Waals surface area contributed by atoms with Gasteiger partial charge >= 0.3 is 0 Å². The average molecular weight is 589 g/mol. The van der Waals surface area contributed by atoms with E-state index in [0.717, 1.165) is 22.4 Å². The maximum atomic E-state index is 14.5. The van der Waals surface area contributed by atoms with E-state index >= 15 is 0 Å². The predicted molar refractivity (Wildman–Crippen MR) is 162 cm³/mol. The summed E-state index contributed by atoms with van der Waals surface area (Å²) in [7, 11) is -3.06. The lowest BCUT2D eigenvalue weighted by Crippen LogP contribution is -2.57. The molecule has 3 N–H and O–H groups in total. The van der Waals surface area contributed by atoms with Gasteiger partial charge in [-0.25, -0.2) is 22.8 Å². The highest BCUT2D eigenvalue weighted by atomic mass is 32.2. The number of piperidine rings is 1. The van der Waals surface area contributed by atoms with Gasteiger partial charge < -0.3 is 25.3 Å². The van der Waals surface area contributed by atoms with Crippen LogP contribution in [-0.2, 0) is 9.84 Å². The van der Waals surface area contributed by atoms with E-state index in [2.05, 4.69) is 31.9 Å². The van der Waals surface area contributed by atoms with Gasteiger partial charge in [-0.1, -0.05) is 13.0 Å². The van der Waals surface area contributed by atoms with Crippen molar-refractivity contribution in [1.29, 1.82) is 0 Å². The van der Waals surface area contributed by atoms with Gasteiger partial charge in [0, 0.05) is 55.7 Å². The number of halogens is 1. The summed E-state index contributed by atoms with van der Waals surface area (Å²) in [5, 5.41) is 23.3. The monoisotopic (exact) mass is 588 g/mol. The van der Waals surface area contributed by atoms with Crippen LogP contribution in [0, 0.1) is 12.8 Å². The van der Waals surface area contributed by atoms with Gasteiger partial charge in [-0.3, -0.25) is 0 Å². The number of anilines is 3. The number of hydrogen-bond acceptors (Lipinski definition) is 10. The fourth-order valence-corrected chi connectivity index (χ4v) is 6.66. The number of aliphatic hydroxyl groups is 2. The number of nitrogens with zero attached hydrogens (tertiary/aromatic N) is 5. The Kier molecular flexibility index (Phi) is 9.05. The second-order valence-corrected chi connectivity index (χ2v) is 13.8. The average Bonchev–Trinajstić information content (AvgIpc) is 2.92. The summed E-state index contributed by atoms with van der Waals surface area (Å²) in [6, 6.07) is 5.77. The van der Waals surface area contributed by atoms with Gasteiger partial charge in [0.05, 0.1) is 17.9 Å². The SMILES string of the molecule is C=N/C(=C\c1c([C@@H](C)CO)ccc(N2C[C@H](CS(C)(=O)=O)[C@H]2C)c1C)Nc1ccnc(N2CC[C@@](C)(O)[C@@H](F)C2)n1. The summed E-state index contributed by atoms with van der Waals surface area (Å²) in [6.07, 6.45) is 3.56. The first-order valence-corrected chi connectivity index (χ1v) is 15.9. The zero-order valence-electron chi connectivity index (χ0n) is 24.4. The number of nitrogens with one attached hydrogen (secondary N) is 1. The van der Waals surface area contributed by atoms with Gasteiger partial charge in [0.25, 0.3) is 0 Å². The molecule has 3 heterocycles. The Labute approximate surface area is 242 Å². The molecule has 1 aromatic heterocycles. The Bertz CT molecular complexity index is 1420. The number of aromatic nitrogens is 2. The fraction of sp³-hybridized carbons (Fsp3) is 0.552. The van der Waals surface area contributed by atoms with E-state index in [1.54, 1.807) is 17.2 Å². The topological polar surface area (TPSA) is 131 Å². The van der Waals surface area contributed by atoms with Crippen LogP contribution in [0.3, 0.4) is 0 Å². The van der Waals surface area contributed by atoms with Crippen LogP contribution in [-0.4, -0.2) is 91.4 Å². The van der Waals surface area contributed by atoms with Crippen molar-refractivity contribution in [3.05, 3.63) is 46.9 Å². The summed E-state index contributed by atoms with van der Waals surface area (Å²) in [4.78, 5) is 16.9. The van der Waals surface area contributed by atoms with Crippen LogP contribution in [0.2, 0.25) is 0 Å².